The Hall–Kier alpha value is -2.91. The normalized spacial score (nSPS) is 15.1. The second-order valence-electron chi connectivity index (χ2n) is 5.94. The molecule has 1 aromatic heterocycles. The topological polar surface area (TPSA) is 81.3 Å². The number of nitrogens with zero attached hydrogens (tertiary/aromatic N) is 4. The van der Waals surface area contributed by atoms with Crippen LogP contribution in [0.15, 0.2) is 30.5 Å². The third-order valence-corrected chi connectivity index (χ3v) is 4.22. The third kappa shape index (κ3) is 3.39. The van der Waals surface area contributed by atoms with Gasteiger partial charge < -0.3 is 4.90 Å². The van der Waals surface area contributed by atoms with Crippen LogP contribution in [0.5, 0.6) is 0 Å². The van der Waals surface area contributed by atoms with Crippen LogP contribution in [-0.4, -0.2) is 38.6 Å². The fourth-order valence-electron chi connectivity index (χ4n) is 2.96. The van der Waals surface area contributed by atoms with Gasteiger partial charge in [0.05, 0.1) is 22.4 Å². The maximum absolute atomic E-state index is 13.6. The molecule has 2 heterocycles. The van der Waals surface area contributed by atoms with Crippen LogP contribution in [0.25, 0.3) is 5.69 Å². The summed E-state index contributed by atoms with van der Waals surface area (Å²) in [6.07, 6.45) is -1.45. The van der Waals surface area contributed by atoms with Gasteiger partial charge in [-0.3, -0.25) is 14.9 Å². The number of carbonyl (C=O) groups excluding carboxylic acids is 1. The zero-order chi connectivity index (χ0) is 18.9. The van der Waals surface area contributed by atoms with Crippen LogP contribution in [0.1, 0.15) is 35.3 Å². The largest absolute Gasteiger partial charge is 0.434 e. The van der Waals surface area contributed by atoms with E-state index in [9.17, 15) is 28.1 Å². The lowest BCUT2D eigenvalue weighted by Crippen LogP contribution is -2.36. The van der Waals surface area contributed by atoms with Gasteiger partial charge in [0.15, 0.2) is 5.69 Å². The zero-order valence-corrected chi connectivity index (χ0v) is 13.6. The van der Waals surface area contributed by atoms with Gasteiger partial charge in [0.2, 0.25) is 0 Å². The van der Waals surface area contributed by atoms with E-state index in [1.54, 1.807) is 0 Å². The molecule has 26 heavy (non-hydrogen) atoms. The van der Waals surface area contributed by atoms with E-state index >= 15 is 0 Å². The monoisotopic (exact) mass is 368 g/mol. The van der Waals surface area contributed by atoms with Gasteiger partial charge in [-0.25, -0.2) is 4.68 Å². The number of hydrogen-bond acceptors (Lipinski definition) is 4. The Balaban J connectivity index is 2.02. The third-order valence-electron chi connectivity index (χ3n) is 4.22. The molecule has 0 radical (unpaired) electrons. The Morgan fingerprint density at radius 1 is 1.12 bits per heavy atom. The number of non-ortho nitro benzene ring substituents is 1. The van der Waals surface area contributed by atoms with Crippen molar-refractivity contribution in [2.45, 2.75) is 25.4 Å². The number of hydrogen-bond donors (Lipinski definition) is 0. The molecule has 1 amide bonds. The molecular formula is C16H15F3N4O3. The first-order valence-electron chi connectivity index (χ1n) is 7.98. The molecule has 0 unspecified atom stereocenters. The van der Waals surface area contributed by atoms with Crippen LogP contribution in [-0.2, 0) is 6.18 Å². The van der Waals surface area contributed by atoms with Crippen molar-refractivity contribution in [2.24, 2.45) is 0 Å². The van der Waals surface area contributed by atoms with Crippen molar-refractivity contribution >= 4 is 11.6 Å². The molecule has 0 atom stereocenters. The number of aromatic nitrogens is 2. The quantitative estimate of drug-likeness (QED) is 0.614. The van der Waals surface area contributed by atoms with Crippen molar-refractivity contribution in [3.05, 3.63) is 51.8 Å². The van der Waals surface area contributed by atoms with Crippen molar-refractivity contribution in [3.8, 4) is 5.69 Å². The van der Waals surface area contributed by atoms with Crippen LogP contribution in [0.3, 0.4) is 0 Å². The Kier molecular flexibility index (Phi) is 4.66. The first kappa shape index (κ1) is 17.9. The molecule has 0 saturated carbocycles. The summed E-state index contributed by atoms with van der Waals surface area (Å²) in [5.74, 6) is -0.704. The van der Waals surface area contributed by atoms with E-state index in [-0.39, 0.29) is 11.4 Å². The van der Waals surface area contributed by atoms with Gasteiger partial charge in [0.1, 0.15) is 0 Å². The van der Waals surface area contributed by atoms with Gasteiger partial charge in [-0.15, -0.1) is 0 Å². The Labute approximate surface area is 146 Å². The Morgan fingerprint density at radius 3 is 2.27 bits per heavy atom. The standard InChI is InChI=1S/C16H15F3N4O3/c17-16(18,19)14-13(15(24)21-8-2-1-3-9-21)10-20-22(14)11-4-6-12(7-5-11)23(25)26/h4-7,10H,1-3,8-9H2. The van der Waals surface area contributed by atoms with Gasteiger partial charge in [0.25, 0.3) is 11.6 Å². The second kappa shape index (κ2) is 6.77. The summed E-state index contributed by atoms with van der Waals surface area (Å²) in [6, 6.07) is 4.50. The molecule has 3 rings (SSSR count). The maximum Gasteiger partial charge on any atom is 0.434 e. The molecular weight excluding hydrogens is 353 g/mol. The molecule has 1 aromatic carbocycles. The van der Waals surface area contributed by atoms with E-state index in [2.05, 4.69) is 5.10 Å². The Morgan fingerprint density at radius 2 is 1.73 bits per heavy atom. The first-order valence-corrected chi connectivity index (χ1v) is 7.98. The summed E-state index contributed by atoms with van der Waals surface area (Å²) in [7, 11) is 0. The summed E-state index contributed by atoms with van der Waals surface area (Å²) in [5.41, 5.74) is -1.96. The minimum absolute atomic E-state index is 0.0133. The van der Waals surface area contributed by atoms with Crippen molar-refractivity contribution in [1.29, 1.82) is 0 Å². The molecule has 1 aliphatic rings. The average Bonchev–Trinajstić information content (AvgIpc) is 3.07. The van der Waals surface area contributed by atoms with E-state index in [1.807, 2.05) is 0 Å². The zero-order valence-electron chi connectivity index (χ0n) is 13.6. The lowest BCUT2D eigenvalue weighted by molar-refractivity contribution is -0.384. The highest BCUT2D eigenvalue weighted by molar-refractivity contribution is 5.95. The molecule has 1 saturated heterocycles. The number of halogens is 3. The van der Waals surface area contributed by atoms with Crippen LogP contribution < -0.4 is 0 Å². The molecule has 1 fully saturated rings. The van der Waals surface area contributed by atoms with Gasteiger partial charge in [-0.2, -0.15) is 18.3 Å². The number of nitro benzene ring substituents is 1. The van der Waals surface area contributed by atoms with Gasteiger partial charge in [-0.05, 0) is 31.4 Å². The van der Waals surface area contributed by atoms with E-state index in [4.69, 9.17) is 0 Å². The molecule has 0 spiro atoms. The average molecular weight is 368 g/mol. The van der Waals surface area contributed by atoms with Crippen LogP contribution in [0, 0.1) is 10.1 Å². The summed E-state index contributed by atoms with van der Waals surface area (Å²) < 4.78 is 41.5. The molecule has 138 valence electrons. The number of piperidine rings is 1. The number of likely N-dealkylation sites (tertiary alicyclic amines) is 1. The van der Waals surface area contributed by atoms with E-state index in [0.717, 1.165) is 49.7 Å². The molecule has 0 bridgehead atoms. The number of carbonyl (C=O) groups is 1. The number of alkyl halides is 3. The SMILES string of the molecule is O=C(c1cnn(-c2ccc([N+](=O)[O-])cc2)c1C(F)(F)F)N1CCCCC1. The summed E-state index contributed by atoms with van der Waals surface area (Å²) >= 11 is 0. The second-order valence-corrected chi connectivity index (χ2v) is 5.94. The molecule has 7 nitrogen and oxygen atoms in total. The maximum atomic E-state index is 13.6. The molecule has 0 aliphatic carbocycles. The lowest BCUT2D eigenvalue weighted by atomic mass is 10.1. The van der Waals surface area contributed by atoms with Crippen molar-refractivity contribution in [3.63, 3.8) is 0 Å². The highest BCUT2D eigenvalue weighted by Crippen LogP contribution is 2.34. The minimum atomic E-state index is -4.81. The number of benzene rings is 1. The molecule has 0 N–H and O–H groups in total. The predicted octanol–water partition coefficient (Wildman–Crippen LogP) is 3.43. The van der Waals surface area contributed by atoms with E-state index in [0.29, 0.717) is 17.8 Å². The van der Waals surface area contributed by atoms with Crippen LogP contribution >= 0.6 is 0 Å². The number of rotatable bonds is 3. The van der Waals surface area contributed by atoms with Crippen LogP contribution in [0.4, 0.5) is 18.9 Å². The van der Waals surface area contributed by atoms with Crippen molar-refractivity contribution < 1.29 is 22.9 Å². The summed E-state index contributed by atoms with van der Waals surface area (Å²) in [5, 5.41) is 14.4. The Bertz CT molecular complexity index is 824. The highest BCUT2D eigenvalue weighted by atomic mass is 19.4. The molecule has 1 aliphatic heterocycles. The predicted molar refractivity (Wildman–Crippen MR) is 85.0 cm³/mol. The van der Waals surface area contributed by atoms with Crippen LogP contribution in [0.2, 0.25) is 0 Å². The fraction of sp³-hybridized carbons (Fsp3) is 0.375. The number of amides is 1. The van der Waals surface area contributed by atoms with Crippen molar-refractivity contribution in [2.75, 3.05) is 13.1 Å². The van der Waals surface area contributed by atoms with E-state index < -0.39 is 28.3 Å². The fourth-order valence-corrected chi connectivity index (χ4v) is 2.96. The first-order chi connectivity index (χ1) is 12.3. The molecule has 10 heteroatoms. The minimum Gasteiger partial charge on any atom is -0.339 e. The summed E-state index contributed by atoms with van der Waals surface area (Å²) in [4.78, 5) is 24.0. The lowest BCUT2D eigenvalue weighted by Gasteiger charge is -2.26. The van der Waals surface area contributed by atoms with E-state index in [1.165, 1.54) is 4.90 Å². The smallest absolute Gasteiger partial charge is 0.339 e. The number of nitro groups is 1. The van der Waals surface area contributed by atoms with Gasteiger partial charge in [-0.1, -0.05) is 0 Å². The highest BCUT2D eigenvalue weighted by Gasteiger charge is 2.41. The van der Waals surface area contributed by atoms with Gasteiger partial charge >= 0.3 is 6.18 Å². The van der Waals surface area contributed by atoms with Gasteiger partial charge in [0, 0.05) is 25.2 Å². The molecule has 2 aromatic rings. The summed E-state index contributed by atoms with van der Waals surface area (Å²) in [6.45, 7) is 0.831. The van der Waals surface area contributed by atoms with Crippen molar-refractivity contribution in [1.82, 2.24) is 14.7 Å².